The van der Waals surface area contributed by atoms with Crippen LogP contribution in [0.15, 0.2) is 30.3 Å². The number of hydrogen-bond acceptors (Lipinski definition) is 1. The molecule has 1 amide bonds. The van der Waals surface area contributed by atoms with Crippen LogP contribution in [-0.4, -0.2) is 11.9 Å². The third-order valence-electron chi connectivity index (χ3n) is 5.41. The van der Waals surface area contributed by atoms with Gasteiger partial charge in [0.2, 0.25) is 5.91 Å². The predicted molar refractivity (Wildman–Crippen MR) is 86.2 cm³/mol. The average molecular weight is 285 g/mol. The predicted octanol–water partition coefficient (Wildman–Crippen LogP) is 4.34. The van der Waals surface area contributed by atoms with Gasteiger partial charge in [-0.2, -0.15) is 0 Å². The van der Waals surface area contributed by atoms with E-state index in [1.165, 1.54) is 44.1 Å². The summed E-state index contributed by atoms with van der Waals surface area (Å²) in [5.41, 5.74) is 0.960. The van der Waals surface area contributed by atoms with E-state index in [1.54, 1.807) is 0 Å². The van der Waals surface area contributed by atoms with Crippen LogP contribution in [0.4, 0.5) is 0 Å². The molecule has 2 aliphatic carbocycles. The molecule has 1 aromatic rings. The second-order valence-electron chi connectivity index (χ2n) is 6.82. The number of amides is 1. The Labute approximate surface area is 128 Å². The Morgan fingerprint density at radius 3 is 2.14 bits per heavy atom. The molecular weight excluding hydrogens is 258 g/mol. The molecule has 0 unspecified atom stereocenters. The van der Waals surface area contributed by atoms with Gasteiger partial charge in [-0.15, -0.1) is 0 Å². The molecule has 0 heterocycles. The van der Waals surface area contributed by atoms with Gasteiger partial charge >= 0.3 is 0 Å². The monoisotopic (exact) mass is 285 g/mol. The summed E-state index contributed by atoms with van der Waals surface area (Å²) in [6.45, 7) is 0. The minimum atomic E-state index is -0.256. The smallest absolute Gasteiger partial charge is 0.230 e. The van der Waals surface area contributed by atoms with E-state index in [1.807, 2.05) is 6.07 Å². The molecule has 114 valence electrons. The van der Waals surface area contributed by atoms with Crippen molar-refractivity contribution in [3.05, 3.63) is 35.9 Å². The number of hydrogen-bond donors (Lipinski definition) is 1. The first-order valence-electron chi connectivity index (χ1n) is 8.68. The van der Waals surface area contributed by atoms with Crippen LogP contribution < -0.4 is 5.32 Å². The zero-order valence-electron chi connectivity index (χ0n) is 12.9. The summed E-state index contributed by atoms with van der Waals surface area (Å²) in [7, 11) is 0. The van der Waals surface area contributed by atoms with Crippen molar-refractivity contribution in [1.29, 1.82) is 0 Å². The second kappa shape index (κ2) is 6.64. The Kier molecular flexibility index (Phi) is 4.62. The van der Waals surface area contributed by atoms with Crippen molar-refractivity contribution in [2.75, 3.05) is 0 Å². The Bertz CT molecular complexity index is 454. The van der Waals surface area contributed by atoms with Crippen molar-refractivity contribution < 1.29 is 4.79 Å². The molecule has 1 aromatic carbocycles. The first kappa shape index (κ1) is 14.6. The van der Waals surface area contributed by atoms with Crippen molar-refractivity contribution in [3.63, 3.8) is 0 Å². The van der Waals surface area contributed by atoms with E-state index in [9.17, 15) is 4.79 Å². The Morgan fingerprint density at radius 2 is 1.52 bits per heavy atom. The molecule has 3 rings (SSSR count). The molecule has 0 bridgehead atoms. The van der Waals surface area contributed by atoms with Crippen LogP contribution >= 0.6 is 0 Å². The number of benzene rings is 1. The first-order chi connectivity index (χ1) is 10.3. The van der Waals surface area contributed by atoms with Crippen LogP contribution in [0.1, 0.15) is 69.8 Å². The Morgan fingerprint density at radius 1 is 0.905 bits per heavy atom. The molecule has 0 spiro atoms. The van der Waals surface area contributed by atoms with Crippen molar-refractivity contribution >= 4 is 5.91 Å². The summed E-state index contributed by atoms with van der Waals surface area (Å²) < 4.78 is 0. The minimum absolute atomic E-state index is 0.256. The quantitative estimate of drug-likeness (QED) is 0.822. The van der Waals surface area contributed by atoms with Crippen LogP contribution in [-0.2, 0) is 10.2 Å². The highest BCUT2D eigenvalue weighted by Crippen LogP contribution is 2.41. The molecule has 21 heavy (non-hydrogen) atoms. The fourth-order valence-electron chi connectivity index (χ4n) is 4.13. The summed E-state index contributed by atoms with van der Waals surface area (Å²) in [5, 5.41) is 3.40. The van der Waals surface area contributed by atoms with Gasteiger partial charge in [0.1, 0.15) is 0 Å². The minimum Gasteiger partial charge on any atom is -0.353 e. The fourth-order valence-corrected chi connectivity index (χ4v) is 4.13. The van der Waals surface area contributed by atoms with Crippen LogP contribution in [0.5, 0.6) is 0 Å². The Hall–Kier alpha value is -1.31. The maximum Gasteiger partial charge on any atom is 0.230 e. The molecule has 2 aliphatic rings. The molecule has 0 aliphatic heterocycles. The van der Waals surface area contributed by atoms with Gasteiger partial charge in [-0.1, -0.05) is 68.9 Å². The second-order valence-corrected chi connectivity index (χ2v) is 6.82. The van der Waals surface area contributed by atoms with Gasteiger partial charge in [0, 0.05) is 6.04 Å². The van der Waals surface area contributed by atoms with Crippen LogP contribution in [0.3, 0.4) is 0 Å². The van der Waals surface area contributed by atoms with E-state index >= 15 is 0 Å². The molecule has 0 radical (unpaired) electrons. The molecule has 2 saturated carbocycles. The van der Waals surface area contributed by atoms with Crippen molar-refractivity contribution in [3.8, 4) is 0 Å². The lowest BCUT2D eigenvalue weighted by atomic mass is 9.77. The standard InChI is InChI=1S/C19H27NO/c21-18(20-17-12-6-1-2-7-13-17)19(14-8-9-15-19)16-10-4-3-5-11-16/h3-5,10-11,17H,1-2,6-9,12-15H2,(H,20,21). The third-order valence-corrected chi connectivity index (χ3v) is 5.41. The SMILES string of the molecule is O=C(NC1CCCCCC1)C1(c2ccccc2)CCCC1. The van der Waals surface area contributed by atoms with Crippen LogP contribution in [0.2, 0.25) is 0 Å². The number of carbonyl (C=O) groups is 1. The zero-order valence-corrected chi connectivity index (χ0v) is 12.9. The highest BCUT2D eigenvalue weighted by molar-refractivity contribution is 5.88. The van der Waals surface area contributed by atoms with Gasteiger partial charge in [0.25, 0.3) is 0 Å². The summed E-state index contributed by atoms with van der Waals surface area (Å²) in [6.07, 6.45) is 11.9. The normalized spacial score (nSPS) is 22.7. The molecule has 2 fully saturated rings. The lowest BCUT2D eigenvalue weighted by Gasteiger charge is -2.30. The number of carbonyl (C=O) groups excluding carboxylic acids is 1. The largest absolute Gasteiger partial charge is 0.353 e. The topological polar surface area (TPSA) is 29.1 Å². The molecule has 0 aromatic heterocycles. The first-order valence-corrected chi connectivity index (χ1v) is 8.68. The van der Waals surface area contributed by atoms with E-state index < -0.39 is 0 Å². The van der Waals surface area contributed by atoms with Gasteiger partial charge in [0.05, 0.1) is 5.41 Å². The highest BCUT2D eigenvalue weighted by Gasteiger charge is 2.43. The summed E-state index contributed by atoms with van der Waals surface area (Å²) in [5.74, 6) is 0.290. The lowest BCUT2D eigenvalue weighted by Crippen LogP contribution is -2.46. The highest BCUT2D eigenvalue weighted by atomic mass is 16.2. The van der Waals surface area contributed by atoms with Crippen molar-refractivity contribution in [2.24, 2.45) is 0 Å². The summed E-state index contributed by atoms with van der Waals surface area (Å²) >= 11 is 0. The Balaban J connectivity index is 1.76. The summed E-state index contributed by atoms with van der Waals surface area (Å²) in [4.78, 5) is 13.0. The molecular formula is C19H27NO. The number of nitrogens with one attached hydrogen (secondary N) is 1. The van der Waals surface area contributed by atoms with E-state index in [0.717, 1.165) is 25.7 Å². The van der Waals surface area contributed by atoms with Gasteiger partial charge in [-0.05, 0) is 31.2 Å². The third kappa shape index (κ3) is 3.14. The van der Waals surface area contributed by atoms with Crippen molar-refractivity contribution in [2.45, 2.75) is 75.7 Å². The van der Waals surface area contributed by atoms with E-state index in [-0.39, 0.29) is 11.3 Å². The number of rotatable bonds is 3. The van der Waals surface area contributed by atoms with Crippen LogP contribution in [0.25, 0.3) is 0 Å². The lowest BCUT2D eigenvalue weighted by molar-refractivity contribution is -0.127. The molecule has 0 atom stereocenters. The van der Waals surface area contributed by atoms with E-state index in [2.05, 4.69) is 29.6 Å². The van der Waals surface area contributed by atoms with Gasteiger partial charge < -0.3 is 5.32 Å². The molecule has 2 nitrogen and oxygen atoms in total. The van der Waals surface area contributed by atoms with Crippen LogP contribution in [0, 0.1) is 0 Å². The van der Waals surface area contributed by atoms with Gasteiger partial charge in [-0.25, -0.2) is 0 Å². The zero-order chi connectivity index (χ0) is 14.5. The van der Waals surface area contributed by atoms with Crippen molar-refractivity contribution in [1.82, 2.24) is 5.32 Å². The fraction of sp³-hybridized carbons (Fsp3) is 0.632. The van der Waals surface area contributed by atoms with Gasteiger partial charge in [-0.3, -0.25) is 4.79 Å². The maximum atomic E-state index is 13.0. The molecule has 2 heteroatoms. The molecule has 1 N–H and O–H groups in total. The van der Waals surface area contributed by atoms with Gasteiger partial charge in [0.15, 0.2) is 0 Å². The molecule has 0 saturated heterocycles. The summed E-state index contributed by atoms with van der Waals surface area (Å²) in [6, 6.07) is 10.8. The van der Waals surface area contributed by atoms with E-state index in [4.69, 9.17) is 0 Å². The average Bonchev–Trinajstić information content (AvgIpc) is 2.89. The maximum absolute atomic E-state index is 13.0. The van der Waals surface area contributed by atoms with E-state index in [0.29, 0.717) is 6.04 Å².